The van der Waals surface area contributed by atoms with E-state index in [-0.39, 0.29) is 0 Å². The largest absolute Gasteiger partial charge is 0.314 e. The third kappa shape index (κ3) is 4.00. The molecule has 0 spiro atoms. The van der Waals surface area contributed by atoms with Gasteiger partial charge in [-0.25, -0.2) is 4.68 Å². The summed E-state index contributed by atoms with van der Waals surface area (Å²) in [4.78, 5) is 3.81. The van der Waals surface area contributed by atoms with Gasteiger partial charge in [0.1, 0.15) is 0 Å². The van der Waals surface area contributed by atoms with Gasteiger partial charge in [-0.2, -0.15) is 5.10 Å². The predicted octanol–water partition coefficient (Wildman–Crippen LogP) is 3.44. The Balaban J connectivity index is 1.51. The molecule has 130 valence electrons. The number of nitrogens with one attached hydrogen (secondary N) is 1. The third-order valence-electron chi connectivity index (χ3n) is 4.65. The van der Waals surface area contributed by atoms with Gasteiger partial charge >= 0.3 is 0 Å². The number of benzene rings is 1. The normalized spacial score (nSPS) is 15.5. The van der Waals surface area contributed by atoms with E-state index in [9.17, 15) is 0 Å². The number of para-hydroxylation sites is 1. The van der Waals surface area contributed by atoms with Crippen LogP contribution >= 0.6 is 11.3 Å². The Morgan fingerprint density at radius 2 is 1.88 bits per heavy atom. The molecule has 3 heterocycles. The molecule has 0 bridgehead atoms. The highest BCUT2D eigenvalue weighted by Crippen LogP contribution is 2.28. The van der Waals surface area contributed by atoms with Gasteiger partial charge in [0, 0.05) is 26.2 Å². The first kappa shape index (κ1) is 16.5. The molecule has 0 radical (unpaired) electrons. The highest BCUT2D eigenvalue weighted by molar-refractivity contribution is 7.13. The first-order chi connectivity index (χ1) is 12.4. The summed E-state index contributed by atoms with van der Waals surface area (Å²) in [5.41, 5.74) is 3.50. The molecule has 1 aliphatic heterocycles. The summed E-state index contributed by atoms with van der Waals surface area (Å²) in [5.74, 6) is 0. The quantitative estimate of drug-likeness (QED) is 0.738. The van der Waals surface area contributed by atoms with Gasteiger partial charge in [-0.15, -0.1) is 11.3 Å². The molecule has 0 amide bonds. The molecule has 0 unspecified atom stereocenters. The maximum atomic E-state index is 4.91. The number of hydrogen-bond donors (Lipinski definition) is 1. The molecule has 1 fully saturated rings. The number of nitrogens with zero attached hydrogens (tertiary/aromatic N) is 3. The van der Waals surface area contributed by atoms with Gasteiger partial charge in [-0.1, -0.05) is 24.3 Å². The summed E-state index contributed by atoms with van der Waals surface area (Å²) in [5, 5.41) is 10.4. The van der Waals surface area contributed by atoms with Crippen LogP contribution in [-0.4, -0.2) is 47.4 Å². The number of thiophene rings is 1. The van der Waals surface area contributed by atoms with Crippen molar-refractivity contribution in [1.29, 1.82) is 0 Å². The molecule has 0 saturated carbocycles. The second-order valence-corrected chi connectivity index (χ2v) is 7.39. The summed E-state index contributed by atoms with van der Waals surface area (Å²) >= 11 is 1.77. The minimum absolute atomic E-state index is 1.03. The van der Waals surface area contributed by atoms with Gasteiger partial charge in [0.15, 0.2) is 0 Å². The summed E-state index contributed by atoms with van der Waals surface area (Å²) in [6.45, 7) is 5.72. The molecule has 1 saturated heterocycles. The van der Waals surface area contributed by atoms with E-state index in [4.69, 9.17) is 5.10 Å². The topological polar surface area (TPSA) is 33.1 Å². The lowest BCUT2D eigenvalue weighted by Crippen LogP contribution is -2.43. The van der Waals surface area contributed by atoms with Crippen LogP contribution < -0.4 is 5.32 Å². The number of piperazine rings is 1. The molecular formula is C20H24N4S. The molecule has 3 aromatic rings. The van der Waals surface area contributed by atoms with Crippen LogP contribution in [0.3, 0.4) is 0 Å². The van der Waals surface area contributed by atoms with Crippen LogP contribution in [-0.2, 0) is 6.42 Å². The maximum Gasteiger partial charge on any atom is 0.0843 e. The van der Waals surface area contributed by atoms with E-state index >= 15 is 0 Å². The Hall–Kier alpha value is -1.95. The van der Waals surface area contributed by atoms with Crippen molar-refractivity contribution in [2.75, 3.05) is 32.7 Å². The second kappa shape index (κ2) is 7.95. The minimum Gasteiger partial charge on any atom is -0.314 e. The number of aromatic nitrogens is 2. The van der Waals surface area contributed by atoms with Crippen molar-refractivity contribution in [1.82, 2.24) is 20.0 Å². The molecular weight excluding hydrogens is 328 g/mol. The SMILES string of the molecule is c1ccc(-n2nc(CCCN3CCNCC3)cc2-c2cccs2)cc1. The van der Waals surface area contributed by atoms with E-state index < -0.39 is 0 Å². The Morgan fingerprint density at radius 1 is 1.04 bits per heavy atom. The van der Waals surface area contributed by atoms with Crippen LogP contribution in [0.2, 0.25) is 0 Å². The van der Waals surface area contributed by atoms with Crippen molar-refractivity contribution < 1.29 is 0 Å². The van der Waals surface area contributed by atoms with Crippen LogP contribution in [0.5, 0.6) is 0 Å². The van der Waals surface area contributed by atoms with E-state index in [1.807, 2.05) is 6.07 Å². The zero-order valence-corrected chi connectivity index (χ0v) is 15.2. The van der Waals surface area contributed by atoms with Crippen LogP contribution in [0, 0.1) is 0 Å². The fourth-order valence-electron chi connectivity index (χ4n) is 3.34. The van der Waals surface area contributed by atoms with Gasteiger partial charge in [0.25, 0.3) is 0 Å². The standard InChI is InChI=1S/C20H24N4S/c1-2-7-18(8-3-1)24-19(20-9-5-15-25-20)16-17(22-24)6-4-12-23-13-10-21-11-14-23/h1-3,5,7-9,15-16,21H,4,6,10-14H2. The molecule has 1 aromatic carbocycles. The van der Waals surface area contributed by atoms with E-state index in [0.717, 1.165) is 38.2 Å². The Kier molecular flexibility index (Phi) is 5.25. The number of hydrogen-bond acceptors (Lipinski definition) is 4. The van der Waals surface area contributed by atoms with Gasteiger partial charge in [-0.05, 0) is 49.0 Å². The van der Waals surface area contributed by atoms with E-state index in [1.54, 1.807) is 11.3 Å². The van der Waals surface area contributed by atoms with Crippen molar-refractivity contribution in [2.45, 2.75) is 12.8 Å². The molecule has 0 aliphatic carbocycles. The first-order valence-electron chi connectivity index (χ1n) is 9.01. The van der Waals surface area contributed by atoms with Gasteiger partial charge in [0.05, 0.1) is 22.0 Å². The molecule has 4 rings (SSSR count). The molecule has 25 heavy (non-hydrogen) atoms. The number of aryl methyl sites for hydroxylation is 1. The monoisotopic (exact) mass is 352 g/mol. The molecule has 5 heteroatoms. The zero-order chi connectivity index (χ0) is 16.9. The van der Waals surface area contributed by atoms with Gasteiger partial charge < -0.3 is 10.2 Å². The van der Waals surface area contributed by atoms with E-state index in [1.165, 1.54) is 29.4 Å². The maximum absolute atomic E-state index is 4.91. The van der Waals surface area contributed by atoms with Crippen LogP contribution in [0.25, 0.3) is 16.3 Å². The van der Waals surface area contributed by atoms with Gasteiger partial charge in [0.2, 0.25) is 0 Å². The fraction of sp³-hybridized carbons (Fsp3) is 0.350. The van der Waals surface area contributed by atoms with Crippen molar-refractivity contribution in [3.8, 4) is 16.3 Å². The van der Waals surface area contributed by atoms with Gasteiger partial charge in [-0.3, -0.25) is 0 Å². The second-order valence-electron chi connectivity index (χ2n) is 6.44. The lowest BCUT2D eigenvalue weighted by molar-refractivity contribution is 0.238. The zero-order valence-electron chi connectivity index (χ0n) is 14.4. The molecule has 1 N–H and O–H groups in total. The molecule has 0 atom stereocenters. The predicted molar refractivity (Wildman–Crippen MR) is 105 cm³/mol. The van der Waals surface area contributed by atoms with Crippen molar-refractivity contribution >= 4 is 11.3 Å². The van der Waals surface area contributed by atoms with Crippen molar-refractivity contribution in [3.05, 3.63) is 59.6 Å². The highest BCUT2D eigenvalue weighted by atomic mass is 32.1. The summed E-state index contributed by atoms with van der Waals surface area (Å²) in [6.07, 6.45) is 2.19. The van der Waals surface area contributed by atoms with Crippen LogP contribution in [0.1, 0.15) is 12.1 Å². The number of rotatable bonds is 6. The third-order valence-corrected chi connectivity index (χ3v) is 5.54. The smallest absolute Gasteiger partial charge is 0.0843 e. The summed E-state index contributed by atoms with van der Waals surface area (Å²) in [7, 11) is 0. The minimum atomic E-state index is 1.03. The van der Waals surface area contributed by atoms with Crippen LogP contribution in [0.4, 0.5) is 0 Å². The first-order valence-corrected chi connectivity index (χ1v) is 9.89. The van der Waals surface area contributed by atoms with Crippen molar-refractivity contribution in [3.63, 3.8) is 0 Å². The average Bonchev–Trinajstić information content (AvgIpc) is 3.33. The van der Waals surface area contributed by atoms with Crippen molar-refractivity contribution in [2.24, 2.45) is 0 Å². The molecule has 2 aromatic heterocycles. The fourth-order valence-corrected chi connectivity index (χ4v) is 4.06. The lowest BCUT2D eigenvalue weighted by atomic mass is 10.2. The summed E-state index contributed by atoms with van der Waals surface area (Å²) in [6, 6.07) is 17.0. The van der Waals surface area contributed by atoms with E-state index in [0.29, 0.717) is 0 Å². The Morgan fingerprint density at radius 3 is 2.64 bits per heavy atom. The lowest BCUT2D eigenvalue weighted by Gasteiger charge is -2.26. The Bertz CT molecular complexity index is 773. The highest BCUT2D eigenvalue weighted by Gasteiger charge is 2.13. The molecule has 4 nitrogen and oxygen atoms in total. The summed E-state index contributed by atoms with van der Waals surface area (Å²) < 4.78 is 2.09. The Labute approximate surface area is 153 Å². The van der Waals surface area contributed by atoms with E-state index in [2.05, 4.69) is 62.7 Å². The average molecular weight is 353 g/mol. The molecule has 1 aliphatic rings. The van der Waals surface area contributed by atoms with Crippen LogP contribution in [0.15, 0.2) is 53.9 Å².